The molecule has 61 heavy (non-hydrogen) atoms. The van der Waals surface area contributed by atoms with Crippen LogP contribution in [0.5, 0.6) is 0 Å². The van der Waals surface area contributed by atoms with Crippen LogP contribution < -0.4 is 21.3 Å². The number of benzene rings is 2. The zero-order valence-electron chi connectivity index (χ0n) is 35.9. The van der Waals surface area contributed by atoms with Gasteiger partial charge < -0.3 is 35.5 Å². The highest BCUT2D eigenvalue weighted by molar-refractivity contribution is 7.96. The van der Waals surface area contributed by atoms with Gasteiger partial charge in [-0.15, -0.1) is 0 Å². The molecule has 0 bridgehead atoms. The smallest absolute Gasteiger partial charge is 0.408 e. The van der Waals surface area contributed by atoms with Crippen LogP contribution >= 0.6 is 11.6 Å². The molecule has 18 heteroatoms. The number of hydrogen-bond donors (Lipinski definition) is 4. The molecule has 1 aromatic heterocycles. The summed E-state index contributed by atoms with van der Waals surface area (Å²) in [7, 11) is -3.93. The molecule has 1 heterocycles. The number of carbonyl (C=O) groups is 6. The first kappa shape index (κ1) is 49.8. The maximum absolute atomic E-state index is 14.3. The molecule has 3 aromatic rings. The van der Waals surface area contributed by atoms with Crippen molar-refractivity contribution in [3.63, 3.8) is 0 Å². The normalized spacial score (nSPS) is 14.2. The van der Waals surface area contributed by atoms with Crippen LogP contribution in [0.4, 0.5) is 4.79 Å². The van der Waals surface area contributed by atoms with Crippen molar-refractivity contribution in [3.8, 4) is 0 Å². The molecule has 0 spiro atoms. The summed E-state index contributed by atoms with van der Waals surface area (Å²) in [6.45, 7) is 12.9. The van der Waals surface area contributed by atoms with E-state index in [1.54, 1.807) is 110 Å². The van der Waals surface area contributed by atoms with Crippen molar-refractivity contribution in [2.24, 2.45) is 5.92 Å². The predicted molar refractivity (Wildman–Crippen MR) is 229 cm³/mol. The summed E-state index contributed by atoms with van der Waals surface area (Å²) in [6, 6.07) is 13.8. The summed E-state index contributed by atoms with van der Waals surface area (Å²) in [6.07, 6.45) is -0.511. The molecule has 1 unspecified atom stereocenters. The molecule has 3 rings (SSSR count). The van der Waals surface area contributed by atoms with E-state index < -0.39 is 104 Å². The van der Waals surface area contributed by atoms with Gasteiger partial charge in [0.2, 0.25) is 17.7 Å². The Morgan fingerprint density at radius 1 is 0.721 bits per heavy atom. The first-order chi connectivity index (χ1) is 28.3. The van der Waals surface area contributed by atoms with E-state index in [0.29, 0.717) is 16.8 Å². The van der Waals surface area contributed by atoms with Gasteiger partial charge in [0.1, 0.15) is 40.3 Å². The number of halogens is 1. The first-order valence-corrected chi connectivity index (χ1v) is 21.8. The molecule has 0 aliphatic rings. The number of rotatable bonds is 18. The van der Waals surface area contributed by atoms with Crippen LogP contribution in [-0.4, -0.2) is 90.8 Å². The van der Waals surface area contributed by atoms with Crippen molar-refractivity contribution in [2.75, 3.05) is 6.26 Å². The molecule has 2 aromatic carbocycles. The van der Waals surface area contributed by atoms with Crippen LogP contribution in [0.25, 0.3) is 10.9 Å². The molecule has 0 aliphatic heterocycles. The van der Waals surface area contributed by atoms with Gasteiger partial charge in [-0.3, -0.25) is 29.0 Å². The van der Waals surface area contributed by atoms with E-state index in [1.165, 1.54) is 0 Å². The Balaban J connectivity index is 1.96. The lowest BCUT2D eigenvalue weighted by Crippen LogP contribution is -2.59. The Morgan fingerprint density at radius 2 is 1.30 bits per heavy atom. The Morgan fingerprint density at radius 3 is 1.89 bits per heavy atom. The zero-order chi connectivity index (χ0) is 45.7. The largest absolute Gasteiger partial charge is 0.460 e. The number of pyridine rings is 1. The molecule has 0 saturated carbocycles. The fraction of sp³-hybridized carbons (Fsp3) is 0.465. The SMILES string of the molecule is CC(C)[C@H](NC(=O)[C@H](Cc1ccc2ccccc2n1)NC(=O)[C@H](CC(=O)OC(C)(C)C)NC(=O)OCc1ccccc1)C(=O)NC(/C=C(\Cl)S(C)(=O)=O)CC(=O)OC(C)(C)C. The lowest BCUT2D eigenvalue weighted by molar-refractivity contribution is -0.157. The van der Waals surface area contributed by atoms with Crippen LogP contribution in [0.3, 0.4) is 0 Å². The Hall–Kier alpha value is -5.55. The summed E-state index contributed by atoms with van der Waals surface area (Å²) in [4.78, 5) is 85.7. The number of aromatic nitrogens is 1. The molecule has 4 amide bonds. The molecule has 4 N–H and O–H groups in total. The highest BCUT2D eigenvalue weighted by atomic mass is 35.5. The Bertz CT molecular complexity index is 2190. The average molecular weight is 886 g/mol. The van der Waals surface area contributed by atoms with Gasteiger partial charge in [0.05, 0.1) is 24.4 Å². The van der Waals surface area contributed by atoms with Gasteiger partial charge in [0, 0.05) is 23.8 Å². The minimum absolute atomic E-state index is 0.139. The second kappa shape index (κ2) is 21.8. The molecular formula is C43H56ClN5O11S. The maximum Gasteiger partial charge on any atom is 0.408 e. The van der Waals surface area contributed by atoms with E-state index in [1.807, 2.05) is 12.1 Å². The van der Waals surface area contributed by atoms with Crippen molar-refractivity contribution in [1.82, 2.24) is 26.3 Å². The van der Waals surface area contributed by atoms with Gasteiger partial charge in [-0.2, -0.15) is 0 Å². The third kappa shape index (κ3) is 17.9. The van der Waals surface area contributed by atoms with E-state index in [4.69, 9.17) is 25.8 Å². The van der Waals surface area contributed by atoms with Gasteiger partial charge in [-0.1, -0.05) is 80.0 Å². The van der Waals surface area contributed by atoms with E-state index >= 15 is 0 Å². The van der Waals surface area contributed by atoms with Gasteiger partial charge in [0.15, 0.2) is 9.84 Å². The van der Waals surface area contributed by atoms with Crippen LogP contribution in [0.2, 0.25) is 0 Å². The number of ether oxygens (including phenoxy) is 3. The molecule has 0 fully saturated rings. The number of sulfone groups is 1. The molecule has 16 nitrogen and oxygen atoms in total. The molecule has 4 atom stereocenters. The van der Waals surface area contributed by atoms with E-state index in [2.05, 4.69) is 26.3 Å². The number of alkyl carbamates (subject to hydrolysis) is 1. The third-order valence-corrected chi connectivity index (χ3v) is 10.2. The molecular weight excluding hydrogens is 830 g/mol. The number of esters is 2. The lowest BCUT2D eigenvalue weighted by Gasteiger charge is -2.28. The van der Waals surface area contributed by atoms with Gasteiger partial charge >= 0.3 is 18.0 Å². The van der Waals surface area contributed by atoms with Crippen molar-refractivity contribution < 1.29 is 51.4 Å². The monoisotopic (exact) mass is 885 g/mol. The highest BCUT2D eigenvalue weighted by Crippen LogP contribution is 2.17. The minimum Gasteiger partial charge on any atom is -0.460 e. The standard InChI is InChI=1S/C43H56ClN5O11S/c1-26(2)37(40(54)46-30(22-34(44)61(9,56)57)23-35(50)59-42(3,4)5)49-39(53)32(21-29-20-19-28-17-13-14-18-31(28)45-29)47-38(52)33(24-36(51)60-43(6,7)8)48-41(55)58-25-27-15-11-10-12-16-27/h10-20,22,26,30,32-33,37H,21,23-25H2,1-9H3,(H,46,54)(H,47,52)(H,48,55)(H,49,53)/b34-22+/t30?,32-,33-,37-/m0/s1. The summed E-state index contributed by atoms with van der Waals surface area (Å²) in [5.74, 6) is -4.81. The van der Waals surface area contributed by atoms with Crippen LogP contribution in [0, 0.1) is 5.92 Å². The van der Waals surface area contributed by atoms with Crippen molar-refractivity contribution in [1.29, 1.82) is 0 Å². The fourth-order valence-corrected chi connectivity index (χ4v) is 6.20. The number of nitrogens with zero attached hydrogens (tertiary/aromatic N) is 1. The van der Waals surface area contributed by atoms with Crippen LogP contribution in [-0.2, 0) is 61.0 Å². The van der Waals surface area contributed by atoms with Crippen molar-refractivity contribution in [2.45, 2.75) is 117 Å². The predicted octanol–water partition coefficient (Wildman–Crippen LogP) is 4.77. The van der Waals surface area contributed by atoms with E-state index in [9.17, 15) is 37.2 Å². The average Bonchev–Trinajstić information content (AvgIpc) is 3.13. The maximum atomic E-state index is 14.3. The third-order valence-electron chi connectivity index (χ3n) is 8.38. The van der Waals surface area contributed by atoms with Crippen LogP contribution in [0.1, 0.15) is 79.5 Å². The topological polar surface area (TPSA) is 225 Å². The quantitative estimate of drug-likeness (QED) is 0.100. The summed E-state index contributed by atoms with van der Waals surface area (Å²) < 4.78 is 39.8. The zero-order valence-corrected chi connectivity index (χ0v) is 37.4. The van der Waals surface area contributed by atoms with Gasteiger partial charge in [-0.25, -0.2) is 13.2 Å². The number of carbonyl (C=O) groups excluding carboxylic acids is 6. The summed E-state index contributed by atoms with van der Waals surface area (Å²) in [5.41, 5.74) is -0.178. The second-order valence-corrected chi connectivity index (χ2v) is 19.3. The molecule has 0 saturated heterocycles. The van der Waals surface area contributed by atoms with Crippen molar-refractivity contribution in [3.05, 3.63) is 88.4 Å². The van der Waals surface area contributed by atoms with Crippen LogP contribution in [0.15, 0.2) is 77.2 Å². The fourth-order valence-electron chi connectivity index (χ4n) is 5.64. The van der Waals surface area contributed by atoms with Gasteiger partial charge in [0.25, 0.3) is 0 Å². The van der Waals surface area contributed by atoms with E-state index in [0.717, 1.165) is 17.7 Å². The number of fused-ring (bicyclic) bond motifs is 1. The van der Waals surface area contributed by atoms with E-state index in [-0.39, 0.29) is 13.0 Å². The lowest BCUT2D eigenvalue weighted by atomic mass is 10.0. The molecule has 0 aliphatic carbocycles. The number of amides is 4. The number of para-hydroxylation sites is 1. The Labute approximate surface area is 361 Å². The first-order valence-electron chi connectivity index (χ1n) is 19.5. The second-order valence-electron chi connectivity index (χ2n) is 16.7. The highest BCUT2D eigenvalue weighted by Gasteiger charge is 2.34. The molecule has 332 valence electrons. The summed E-state index contributed by atoms with van der Waals surface area (Å²) >= 11 is 6.04. The summed E-state index contributed by atoms with van der Waals surface area (Å²) in [5, 5.41) is 11.1. The minimum atomic E-state index is -3.93. The van der Waals surface area contributed by atoms with Crippen molar-refractivity contribution >= 4 is 68.1 Å². The molecule has 0 radical (unpaired) electrons. The number of nitrogens with one attached hydrogen (secondary N) is 4. The number of hydrogen-bond acceptors (Lipinski definition) is 12. The van der Waals surface area contributed by atoms with Gasteiger partial charge in [-0.05, 0) is 71.2 Å². The Kier molecular flexibility index (Phi) is 17.8.